The van der Waals surface area contributed by atoms with Crippen molar-refractivity contribution in [2.75, 3.05) is 17.7 Å². The number of para-hydroxylation sites is 2. The van der Waals surface area contributed by atoms with Gasteiger partial charge in [0, 0.05) is 11.3 Å². The Kier molecular flexibility index (Phi) is 6.32. The predicted molar refractivity (Wildman–Crippen MR) is 119 cm³/mol. The molecule has 0 saturated heterocycles. The fourth-order valence-electron chi connectivity index (χ4n) is 3.80. The molecular weight excluding hydrogens is 384 g/mol. The lowest BCUT2D eigenvalue weighted by Crippen LogP contribution is -2.27. The summed E-state index contributed by atoms with van der Waals surface area (Å²) in [4.78, 5) is 26.6. The Morgan fingerprint density at radius 1 is 1.21 bits per heavy atom. The first kappa shape index (κ1) is 21.4. The molecule has 1 atom stereocenters. The molecule has 1 aromatic carbocycles. The molecule has 1 aromatic heterocycles. The quantitative estimate of drug-likeness (QED) is 0.678. The van der Waals surface area contributed by atoms with E-state index in [-0.39, 0.29) is 17.2 Å². The van der Waals surface area contributed by atoms with Crippen molar-refractivity contribution in [3.8, 4) is 5.75 Å². The normalized spacial score (nSPS) is 16.1. The SMILES string of the molecule is CCC(=O)Nc1sc2c(c1C(=O)Nc1ccccc1OC)CC[C@H](C(C)(C)C)C2. The second-order valence-corrected chi connectivity index (χ2v) is 9.67. The summed E-state index contributed by atoms with van der Waals surface area (Å²) >= 11 is 1.55. The van der Waals surface area contributed by atoms with Gasteiger partial charge in [0.15, 0.2) is 0 Å². The minimum atomic E-state index is -0.201. The minimum absolute atomic E-state index is 0.0812. The van der Waals surface area contributed by atoms with E-state index < -0.39 is 0 Å². The smallest absolute Gasteiger partial charge is 0.259 e. The van der Waals surface area contributed by atoms with Gasteiger partial charge in [0.25, 0.3) is 5.91 Å². The summed E-state index contributed by atoms with van der Waals surface area (Å²) in [5.74, 6) is 0.889. The van der Waals surface area contributed by atoms with Gasteiger partial charge in [-0.15, -0.1) is 11.3 Å². The molecule has 2 N–H and O–H groups in total. The molecule has 0 bridgehead atoms. The Morgan fingerprint density at radius 3 is 2.59 bits per heavy atom. The molecule has 2 aromatic rings. The Labute approximate surface area is 176 Å². The van der Waals surface area contributed by atoms with Crippen molar-refractivity contribution < 1.29 is 14.3 Å². The number of thiophene rings is 1. The Morgan fingerprint density at radius 2 is 1.93 bits per heavy atom. The van der Waals surface area contributed by atoms with Gasteiger partial charge in [0.05, 0.1) is 18.4 Å². The number of hydrogen-bond acceptors (Lipinski definition) is 4. The van der Waals surface area contributed by atoms with Gasteiger partial charge in [-0.1, -0.05) is 39.8 Å². The zero-order chi connectivity index (χ0) is 21.2. The van der Waals surface area contributed by atoms with Crippen molar-refractivity contribution in [1.29, 1.82) is 0 Å². The van der Waals surface area contributed by atoms with Crippen LogP contribution in [0.5, 0.6) is 5.75 Å². The van der Waals surface area contributed by atoms with Crippen LogP contribution in [0.15, 0.2) is 24.3 Å². The summed E-state index contributed by atoms with van der Waals surface area (Å²) in [7, 11) is 1.58. The number of ether oxygens (including phenoxy) is 1. The maximum atomic E-state index is 13.3. The minimum Gasteiger partial charge on any atom is -0.495 e. The highest BCUT2D eigenvalue weighted by atomic mass is 32.1. The third kappa shape index (κ3) is 4.64. The molecule has 0 radical (unpaired) electrons. The average molecular weight is 415 g/mol. The molecule has 1 aliphatic carbocycles. The average Bonchev–Trinajstić information content (AvgIpc) is 3.04. The maximum Gasteiger partial charge on any atom is 0.259 e. The summed E-state index contributed by atoms with van der Waals surface area (Å²) in [5.41, 5.74) is 2.52. The molecular formula is C23H30N2O3S. The van der Waals surface area contributed by atoms with Crippen molar-refractivity contribution in [1.82, 2.24) is 0 Å². The van der Waals surface area contributed by atoms with Gasteiger partial charge >= 0.3 is 0 Å². The lowest BCUT2D eigenvalue weighted by molar-refractivity contribution is -0.115. The van der Waals surface area contributed by atoms with Gasteiger partial charge in [0.1, 0.15) is 10.8 Å². The number of anilines is 2. The predicted octanol–water partition coefficient (Wildman–Crippen LogP) is 5.51. The standard InChI is InChI=1S/C23H30N2O3S/c1-6-19(26)25-22-20(21(27)24-16-9-7-8-10-17(16)28-5)15-12-11-14(23(2,3)4)13-18(15)29-22/h7-10,14H,6,11-13H2,1-5H3,(H,24,27)(H,25,26)/t14-/m0/s1. The first-order valence-corrected chi connectivity index (χ1v) is 10.9. The second kappa shape index (κ2) is 8.57. The Bertz CT molecular complexity index is 911. The van der Waals surface area contributed by atoms with E-state index in [0.717, 1.165) is 24.8 Å². The Hall–Kier alpha value is -2.34. The zero-order valence-corrected chi connectivity index (χ0v) is 18.7. The summed E-state index contributed by atoms with van der Waals surface area (Å²) in [6, 6.07) is 7.34. The lowest BCUT2D eigenvalue weighted by Gasteiger charge is -2.33. The van der Waals surface area contributed by atoms with Gasteiger partial charge in [-0.05, 0) is 48.3 Å². The van der Waals surface area contributed by atoms with Gasteiger partial charge < -0.3 is 15.4 Å². The molecule has 0 spiro atoms. The fourth-order valence-corrected chi connectivity index (χ4v) is 5.14. The number of carbonyl (C=O) groups is 2. The molecule has 0 fully saturated rings. The highest BCUT2D eigenvalue weighted by Gasteiger charge is 2.34. The van der Waals surface area contributed by atoms with Crippen LogP contribution in [0.3, 0.4) is 0 Å². The van der Waals surface area contributed by atoms with E-state index in [0.29, 0.717) is 34.3 Å². The third-order valence-electron chi connectivity index (χ3n) is 5.65. The van der Waals surface area contributed by atoms with Gasteiger partial charge in [-0.3, -0.25) is 9.59 Å². The topological polar surface area (TPSA) is 67.4 Å². The van der Waals surface area contributed by atoms with Crippen LogP contribution >= 0.6 is 11.3 Å². The highest BCUT2D eigenvalue weighted by Crippen LogP contribution is 2.44. The van der Waals surface area contributed by atoms with Crippen LogP contribution in [-0.4, -0.2) is 18.9 Å². The van der Waals surface area contributed by atoms with Crippen LogP contribution in [-0.2, 0) is 17.6 Å². The van der Waals surface area contributed by atoms with Crippen LogP contribution in [0, 0.1) is 11.3 Å². The number of fused-ring (bicyclic) bond motifs is 1. The molecule has 156 valence electrons. The number of hydrogen-bond donors (Lipinski definition) is 2. The van der Waals surface area contributed by atoms with Gasteiger partial charge in [-0.25, -0.2) is 0 Å². The fraction of sp³-hybridized carbons (Fsp3) is 0.478. The second-order valence-electron chi connectivity index (χ2n) is 8.57. The molecule has 0 saturated carbocycles. The van der Waals surface area contributed by atoms with Crippen molar-refractivity contribution in [3.63, 3.8) is 0 Å². The zero-order valence-electron chi connectivity index (χ0n) is 17.8. The van der Waals surface area contributed by atoms with Crippen LogP contribution in [0.25, 0.3) is 0 Å². The third-order valence-corrected chi connectivity index (χ3v) is 6.82. The number of nitrogens with one attached hydrogen (secondary N) is 2. The van der Waals surface area contributed by atoms with Crippen molar-refractivity contribution in [2.45, 2.75) is 53.4 Å². The molecule has 1 heterocycles. The molecule has 0 unspecified atom stereocenters. The van der Waals surface area contributed by atoms with Gasteiger partial charge in [0.2, 0.25) is 5.91 Å². The van der Waals surface area contributed by atoms with Crippen LogP contribution < -0.4 is 15.4 Å². The number of amides is 2. The van der Waals surface area contributed by atoms with Crippen LogP contribution in [0.4, 0.5) is 10.7 Å². The van der Waals surface area contributed by atoms with E-state index in [1.54, 1.807) is 18.4 Å². The first-order valence-electron chi connectivity index (χ1n) is 10.1. The number of methoxy groups -OCH3 is 1. The van der Waals surface area contributed by atoms with E-state index in [2.05, 4.69) is 31.4 Å². The van der Waals surface area contributed by atoms with Crippen molar-refractivity contribution in [3.05, 3.63) is 40.3 Å². The number of rotatable bonds is 5. The summed E-state index contributed by atoms with van der Waals surface area (Å²) < 4.78 is 5.36. The van der Waals surface area contributed by atoms with Crippen LogP contribution in [0.1, 0.15) is 61.3 Å². The van der Waals surface area contributed by atoms with Gasteiger partial charge in [-0.2, -0.15) is 0 Å². The van der Waals surface area contributed by atoms with E-state index in [9.17, 15) is 9.59 Å². The first-order chi connectivity index (χ1) is 13.7. The summed E-state index contributed by atoms with van der Waals surface area (Å²) in [6.45, 7) is 8.62. The molecule has 5 nitrogen and oxygen atoms in total. The Balaban J connectivity index is 1.97. The van der Waals surface area contributed by atoms with E-state index in [1.807, 2.05) is 31.2 Å². The molecule has 3 rings (SSSR count). The molecule has 6 heteroatoms. The molecule has 0 aliphatic heterocycles. The van der Waals surface area contributed by atoms with Crippen molar-refractivity contribution in [2.24, 2.45) is 11.3 Å². The highest BCUT2D eigenvalue weighted by molar-refractivity contribution is 7.17. The largest absolute Gasteiger partial charge is 0.495 e. The molecule has 1 aliphatic rings. The van der Waals surface area contributed by atoms with E-state index in [4.69, 9.17) is 4.74 Å². The monoisotopic (exact) mass is 414 g/mol. The number of benzene rings is 1. The summed E-state index contributed by atoms with van der Waals surface area (Å²) in [5, 5.41) is 6.59. The van der Waals surface area contributed by atoms with Crippen LogP contribution in [0.2, 0.25) is 0 Å². The van der Waals surface area contributed by atoms with Crippen molar-refractivity contribution >= 4 is 33.8 Å². The number of carbonyl (C=O) groups excluding carboxylic acids is 2. The lowest BCUT2D eigenvalue weighted by atomic mass is 9.72. The maximum absolute atomic E-state index is 13.3. The summed E-state index contributed by atoms with van der Waals surface area (Å²) in [6.07, 6.45) is 3.22. The van der Waals surface area contributed by atoms with E-state index in [1.165, 1.54) is 4.88 Å². The molecule has 29 heavy (non-hydrogen) atoms. The van der Waals surface area contributed by atoms with E-state index >= 15 is 0 Å². The molecule has 2 amide bonds.